The van der Waals surface area contributed by atoms with E-state index in [0.717, 1.165) is 0 Å². The second-order valence-corrected chi connectivity index (χ2v) is 8.43. The number of amidine groups is 1. The maximum Gasteiger partial charge on any atom is 0.338 e. The number of ether oxygens (including phenoxy) is 2. The molecule has 4 rings (SSSR count). The lowest BCUT2D eigenvalue weighted by Crippen LogP contribution is -2.56. The summed E-state index contributed by atoms with van der Waals surface area (Å²) in [5, 5.41) is 17.7. The van der Waals surface area contributed by atoms with Gasteiger partial charge in [0, 0.05) is 40.9 Å². The van der Waals surface area contributed by atoms with E-state index in [9.17, 15) is 14.7 Å². The van der Waals surface area contributed by atoms with Gasteiger partial charge in [-0.2, -0.15) is 0 Å². The topological polar surface area (TPSA) is 116 Å². The van der Waals surface area contributed by atoms with Crippen LogP contribution in [0.1, 0.15) is 16.6 Å². The maximum atomic E-state index is 12.9. The predicted octanol–water partition coefficient (Wildman–Crippen LogP) is 0.765. The molecule has 2 aromatic rings. The van der Waals surface area contributed by atoms with Crippen LogP contribution in [0.5, 0.6) is 0 Å². The van der Waals surface area contributed by atoms with E-state index in [4.69, 9.17) is 26.1 Å². The average Bonchev–Trinajstić information content (AvgIpc) is 3.34. The predicted molar refractivity (Wildman–Crippen MR) is 116 cm³/mol. The fourth-order valence-corrected chi connectivity index (χ4v) is 4.52. The number of carboxylic acids is 1. The van der Waals surface area contributed by atoms with E-state index in [1.165, 1.54) is 18.4 Å². The molecule has 1 aromatic carbocycles. The molecule has 2 atom stereocenters. The molecular weight excluding hydrogens is 456 g/mol. The number of thiazole rings is 1. The molecule has 2 aliphatic heterocycles. The molecule has 1 aromatic heterocycles. The SMILES string of the molecule is COC(=O)C1=C(CN2CCOC[C@H]2C(=O)[O-])NC(c2nccs2)=N[C@H]1c1ccccc1Cl. The molecule has 0 aliphatic carbocycles. The Hall–Kier alpha value is -2.79. The van der Waals surface area contributed by atoms with Gasteiger partial charge in [0.15, 0.2) is 10.8 Å². The summed E-state index contributed by atoms with van der Waals surface area (Å²) < 4.78 is 10.4. The number of aliphatic imine (C=N–C) groups is 1. The van der Waals surface area contributed by atoms with Gasteiger partial charge in [0.1, 0.15) is 6.04 Å². The van der Waals surface area contributed by atoms with Gasteiger partial charge in [-0.1, -0.05) is 29.8 Å². The first-order chi connectivity index (χ1) is 15.5. The number of aromatic nitrogens is 1. The Morgan fingerprint density at radius 3 is 2.91 bits per heavy atom. The fraction of sp³-hybridized carbons (Fsp3) is 0.333. The molecule has 1 N–H and O–H groups in total. The number of methoxy groups -OCH3 is 1. The van der Waals surface area contributed by atoms with Crippen LogP contribution in [0.15, 0.2) is 52.1 Å². The Morgan fingerprint density at radius 2 is 2.22 bits per heavy atom. The molecule has 1 fully saturated rings. The third-order valence-electron chi connectivity index (χ3n) is 5.24. The molecule has 11 heteroatoms. The minimum atomic E-state index is -1.24. The van der Waals surface area contributed by atoms with Crippen LogP contribution < -0.4 is 10.4 Å². The van der Waals surface area contributed by atoms with E-state index in [0.29, 0.717) is 40.3 Å². The zero-order valence-corrected chi connectivity index (χ0v) is 18.7. The van der Waals surface area contributed by atoms with Crippen molar-refractivity contribution in [2.45, 2.75) is 12.1 Å². The van der Waals surface area contributed by atoms with Crippen LogP contribution >= 0.6 is 22.9 Å². The largest absolute Gasteiger partial charge is 0.548 e. The molecule has 0 unspecified atom stereocenters. The van der Waals surface area contributed by atoms with Crippen LogP contribution in [-0.2, 0) is 19.1 Å². The number of carbonyl (C=O) groups excluding carboxylic acids is 2. The molecule has 0 saturated carbocycles. The summed E-state index contributed by atoms with van der Waals surface area (Å²) in [6.07, 6.45) is 1.65. The second-order valence-electron chi connectivity index (χ2n) is 7.13. The molecule has 0 spiro atoms. The zero-order valence-electron chi connectivity index (χ0n) is 17.1. The van der Waals surface area contributed by atoms with E-state index in [2.05, 4.69) is 10.3 Å². The molecule has 32 heavy (non-hydrogen) atoms. The maximum absolute atomic E-state index is 12.9. The number of benzene rings is 1. The molecule has 1 saturated heterocycles. The number of nitrogens with zero attached hydrogens (tertiary/aromatic N) is 3. The third-order valence-corrected chi connectivity index (χ3v) is 6.36. The summed E-state index contributed by atoms with van der Waals surface area (Å²) in [5.74, 6) is -1.36. The highest BCUT2D eigenvalue weighted by Crippen LogP contribution is 2.36. The minimum Gasteiger partial charge on any atom is -0.548 e. The molecule has 168 valence electrons. The molecule has 9 nitrogen and oxygen atoms in total. The van der Waals surface area contributed by atoms with E-state index in [-0.39, 0.29) is 18.7 Å². The van der Waals surface area contributed by atoms with E-state index >= 15 is 0 Å². The van der Waals surface area contributed by atoms with Crippen molar-refractivity contribution >= 4 is 40.7 Å². The summed E-state index contributed by atoms with van der Waals surface area (Å²) in [6, 6.07) is 5.41. The van der Waals surface area contributed by atoms with Gasteiger partial charge in [-0.05, 0) is 6.07 Å². The fourth-order valence-electron chi connectivity index (χ4n) is 3.69. The lowest BCUT2D eigenvalue weighted by atomic mass is 9.95. The summed E-state index contributed by atoms with van der Waals surface area (Å²) in [6.45, 7) is 0.854. The highest BCUT2D eigenvalue weighted by atomic mass is 35.5. The van der Waals surface area contributed by atoms with Crippen LogP contribution in [0.4, 0.5) is 0 Å². The highest BCUT2D eigenvalue weighted by Gasteiger charge is 2.35. The van der Waals surface area contributed by atoms with Crippen LogP contribution in [0, 0.1) is 0 Å². The number of nitrogens with one attached hydrogen (secondary N) is 1. The Morgan fingerprint density at radius 1 is 1.41 bits per heavy atom. The van der Waals surface area contributed by atoms with Crippen molar-refractivity contribution in [2.75, 3.05) is 33.4 Å². The van der Waals surface area contributed by atoms with E-state index < -0.39 is 24.0 Å². The molecule has 0 amide bonds. The molecule has 0 bridgehead atoms. The second kappa shape index (κ2) is 9.78. The lowest BCUT2D eigenvalue weighted by molar-refractivity contribution is -0.314. The first-order valence-corrected chi connectivity index (χ1v) is 11.1. The first-order valence-electron chi connectivity index (χ1n) is 9.82. The Labute approximate surface area is 193 Å². The Kier molecular flexibility index (Phi) is 6.85. The number of carboxylic acid groups (broad SMARTS) is 1. The Bertz CT molecular complexity index is 1070. The number of halogens is 1. The first kappa shape index (κ1) is 22.4. The van der Waals surface area contributed by atoms with Crippen molar-refractivity contribution in [1.82, 2.24) is 15.2 Å². The number of carbonyl (C=O) groups is 2. The van der Waals surface area contributed by atoms with Crippen molar-refractivity contribution in [2.24, 2.45) is 4.99 Å². The van der Waals surface area contributed by atoms with Crippen LogP contribution in [0.25, 0.3) is 0 Å². The van der Waals surface area contributed by atoms with Crippen LogP contribution in [0.2, 0.25) is 5.02 Å². The number of rotatable bonds is 6. The lowest BCUT2D eigenvalue weighted by Gasteiger charge is -2.38. The van der Waals surface area contributed by atoms with Gasteiger partial charge < -0.3 is 24.7 Å². The van der Waals surface area contributed by atoms with Gasteiger partial charge >= 0.3 is 5.97 Å². The number of hydrogen-bond acceptors (Lipinski definition) is 10. The number of hydrogen-bond donors (Lipinski definition) is 1. The Balaban J connectivity index is 1.81. The number of aliphatic carboxylic acids is 1. The quantitative estimate of drug-likeness (QED) is 0.609. The van der Waals surface area contributed by atoms with Crippen LogP contribution in [0.3, 0.4) is 0 Å². The highest BCUT2D eigenvalue weighted by molar-refractivity contribution is 7.11. The van der Waals surface area contributed by atoms with Crippen molar-refractivity contribution in [1.29, 1.82) is 0 Å². The van der Waals surface area contributed by atoms with Crippen molar-refractivity contribution < 1.29 is 24.2 Å². The van der Waals surface area contributed by atoms with Crippen molar-refractivity contribution in [3.05, 3.63) is 62.7 Å². The monoisotopic (exact) mass is 475 g/mol. The van der Waals surface area contributed by atoms with Gasteiger partial charge in [0.2, 0.25) is 0 Å². The normalized spacial score (nSPS) is 21.6. The summed E-state index contributed by atoms with van der Waals surface area (Å²) in [4.78, 5) is 35.3. The number of esters is 1. The molecule has 3 heterocycles. The summed E-state index contributed by atoms with van der Waals surface area (Å²) in [7, 11) is 1.29. The zero-order chi connectivity index (χ0) is 22.7. The minimum absolute atomic E-state index is 0.00450. The van der Waals surface area contributed by atoms with Gasteiger partial charge in [0.25, 0.3) is 0 Å². The van der Waals surface area contributed by atoms with E-state index in [1.807, 2.05) is 11.4 Å². The van der Waals surface area contributed by atoms with Gasteiger partial charge in [0.05, 0.1) is 37.9 Å². The standard InChI is InChI=1S/C21H21ClN4O5S/c1-30-21(29)16-14(10-26-7-8-31-11-15(26)20(27)28)24-18(19-23-6-9-32-19)25-17(16)12-4-2-3-5-13(12)22/h2-6,9,15,17H,7-8,10-11H2,1H3,(H,24,25)(H,27,28)/p-1/t15-,17-/m0/s1. The summed E-state index contributed by atoms with van der Waals surface area (Å²) in [5.41, 5.74) is 1.35. The molecule has 2 aliphatic rings. The van der Waals surface area contributed by atoms with E-state index in [1.54, 1.807) is 29.3 Å². The number of morpholine rings is 1. The summed E-state index contributed by atoms with van der Waals surface area (Å²) >= 11 is 7.84. The smallest absolute Gasteiger partial charge is 0.338 e. The molecular formula is C21H20ClN4O5S-. The average molecular weight is 476 g/mol. The third kappa shape index (κ3) is 4.53. The van der Waals surface area contributed by atoms with Gasteiger partial charge in [-0.25, -0.2) is 9.78 Å². The van der Waals surface area contributed by atoms with Crippen molar-refractivity contribution in [3.8, 4) is 0 Å². The van der Waals surface area contributed by atoms with Crippen LogP contribution in [-0.4, -0.2) is 67.1 Å². The van der Waals surface area contributed by atoms with Crippen molar-refractivity contribution in [3.63, 3.8) is 0 Å². The van der Waals surface area contributed by atoms with Gasteiger partial charge in [-0.15, -0.1) is 11.3 Å². The van der Waals surface area contributed by atoms with Gasteiger partial charge in [-0.3, -0.25) is 9.89 Å². The molecule has 0 radical (unpaired) electrons.